The number of benzene rings is 1. The second kappa shape index (κ2) is 5.31. The van der Waals surface area contributed by atoms with Crippen LogP contribution in [0.1, 0.15) is 5.56 Å². The van der Waals surface area contributed by atoms with Gasteiger partial charge in [-0.05, 0) is 36.8 Å². The van der Waals surface area contributed by atoms with Crippen molar-refractivity contribution in [1.82, 2.24) is 14.6 Å². The Morgan fingerprint density at radius 1 is 1.26 bits per heavy atom. The average molecular weight is 344 g/mol. The lowest BCUT2D eigenvalue weighted by molar-refractivity contribution is -0.274. The van der Waals surface area contributed by atoms with Crippen LogP contribution in [-0.4, -0.2) is 21.0 Å². The Bertz CT molecular complexity index is 929. The highest BCUT2D eigenvalue weighted by molar-refractivity contribution is 6.30. The number of H-pyrrole nitrogens is 1. The molecule has 0 radical (unpaired) electrons. The third-order valence-corrected chi connectivity index (χ3v) is 3.56. The number of hydrogen-bond donors (Lipinski definition) is 1. The second-order valence-corrected chi connectivity index (χ2v) is 5.14. The molecule has 0 amide bonds. The number of nitrogens with zero attached hydrogens (tertiary/aromatic N) is 2. The van der Waals surface area contributed by atoms with Gasteiger partial charge in [-0.25, -0.2) is 4.52 Å². The predicted octanol–water partition coefficient (Wildman–Crippen LogP) is 3.55. The lowest BCUT2D eigenvalue weighted by Crippen LogP contribution is -2.17. The fourth-order valence-corrected chi connectivity index (χ4v) is 2.35. The summed E-state index contributed by atoms with van der Waals surface area (Å²) in [6, 6.07) is 5.12. The van der Waals surface area contributed by atoms with Crippen molar-refractivity contribution in [1.29, 1.82) is 0 Å². The number of aryl methyl sites for hydroxylation is 1. The molecule has 0 fully saturated rings. The van der Waals surface area contributed by atoms with Crippen molar-refractivity contribution in [2.45, 2.75) is 13.3 Å². The molecule has 5 nitrogen and oxygen atoms in total. The molecule has 9 heteroatoms. The van der Waals surface area contributed by atoms with Crippen LogP contribution in [0.25, 0.3) is 16.8 Å². The van der Waals surface area contributed by atoms with Crippen molar-refractivity contribution in [2.75, 3.05) is 0 Å². The number of rotatable bonds is 2. The molecule has 0 bridgehead atoms. The Hall–Kier alpha value is -2.48. The molecule has 0 atom stereocenters. The van der Waals surface area contributed by atoms with Gasteiger partial charge in [0.1, 0.15) is 11.3 Å². The third kappa shape index (κ3) is 3.02. The third-order valence-electron chi connectivity index (χ3n) is 3.20. The number of hydrogen-bond acceptors (Lipinski definition) is 3. The molecule has 0 unspecified atom stereocenters. The molecule has 0 spiro atoms. The van der Waals surface area contributed by atoms with Crippen molar-refractivity contribution in [3.63, 3.8) is 0 Å². The molecule has 2 heterocycles. The maximum atomic E-state index is 12.1. The quantitative estimate of drug-likeness (QED) is 0.774. The molecule has 3 rings (SSSR count). The largest absolute Gasteiger partial charge is 0.573 e. The Balaban J connectivity index is 2.02. The van der Waals surface area contributed by atoms with Crippen molar-refractivity contribution in [3.05, 3.63) is 51.5 Å². The van der Waals surface area contributed by atoms with Crippen LogP contribution < -0.4 is 10.3 Å². The van der Waals surface area contributed by atoms with Gasteiger partial charge in [0.15, 0.2) is 5.15 Å². The second-order valence-electron chi connectivity index (χ2n) is 4.78. The van der Waals surface area contributed by atoms with Crippen LogP contribution in [0.15, 0.2) is 35.3 Å². The van der Waals surface area contributed by atoms with E-state index in [0.717, 1.165) is 12.1 Å². The van der Waals surface area contributed by atoms with E-state index in [1.165, 1.54) is 22.8 Å². The van der Waals surface area contributed by atoms with Gasteiger partial charge in [0.2, 0.25) is 0 Å². The first-order valence-electron chi connectivity index (χ1n) is 6.38. The Labute approximate surface area is 132 Å². The van der Waals surface area contributed by atoms with E-state index in [-0.39, 0.29) is 10.9 Å². The topological polar surface area (TPSA) is 59.4 Å². The first-order valence-corrected chi connectivity index (χ1v) is 6.76. The van der Waals surface area contributed by atoms with Crippen LogP contribution in [0.5, 0.6) is 5.75 Å². The number of halogens is 4. The summed E-state index contributed by atoms with van der Waals surface area (Å²) >= 11 is 5.90. The zero-order chi connectivity index (χ0) is 16.8. The van der Waals surface area contributed by atoms with Crippen LogP contribution in [0.2, 0.25) is 5.15 Å². The van der Waals surface area contributed by atoms with E-state index in [1.807, 2.05) is 0 Å². The van der Waals surface area contributed by atoms with E-state index in [9.17, 15) is 18.0 Å². The van der Waals surface area contributed by atoms with Crippen molar-refractivity contribution in [2.24, 2.45) is 0 Å². The van der Waals surface area contributed by atoms with E-state index < -0.39 is 11.9 Å². The van der Waals surface area contributed by atoms with Crippen molar-refractivity contribution < 1.29 is 17.9 Å². The van der Waals surface area contributed by atoms with E-state index in [0.29, 0.717) is 22.3 Å². The monoisotopic (exact) mass is 343 g/mol. The summed E-state index contributed by atoms with van der Waals surface area (Å²) in [7, 11) is 0. The van der Waals surface area contributed by atoms with Gasteiger partial charge in [0.25, 0.3) is 5.56 Å². The highest BCUT2D eigenvalue weighted by Gasteiger charge is 2.31. The summed E-state index contributed by atoms with van der Waals surface area (Å²) in [6.07, 6.45) is -3.21. The number of ether oxygens (including phenoxy) is 1. The standard InChI is InChI=1S/C14H9ClF3N3O2/c1-7-11-13(22)19-10(6-21(11)20-12(7)15)8-2-4-9(5-3-8)23-14(16,17)18/h2-6H,1H3,(H,19,22). The van der Waals surface area contributed by atoms with E-state index >= 15 is 0 Å². The molecule has 23 heavy (non-hydrogen) atoms. The molecule has 120 valence electrons. The van der Waals surface area contributed by atoms with Gasteiger partial charge in [-0.15, -0.1) is 13.2 Å². The molecule has 0 aliphatic heterocycles. The number of fused-ring (bicyclic) bond motifs is 1. The van der Waals surface area contributed by atoms with Gasteiger partial charge in [-0.1, -0.05) is 11.6 Å². The summed E-state index contributed by atoms with van der Waals surface area (Å²) in [5, 5.41) is 4.22. The Morgan fingerprint density at radius 3 is 2.52 bits per heavy atom. The van der Waals surface area contributed by atoms with Crippen LogP contribution in [0.4, 0.5) is 13.2 Å². The summed E-state index contributed by atoms with van der Waals surface area (Å²) in [5.74, 6) is -0.345. The summed E-state index contributed by atoms with van der Waals surface area (Å²) < 4.78 is 41.6. The minimum absolute atomic E-state index is 0.210. The maximum Gasteiger partial charge on any atom is 0.573 e. The highest BCUT2D eigenvalue weighted by atomic mass is 35.5. The fraction of sp³-hybridized carbons (Fsp3) is 0.143. The lowest BCUT2D eigenvalue weighted by atomic mass is 10.1. The first-order chi connectivity index (χ1) is 10.7. The normalized spacial score (nSPS) is 11.9. The molecular weight excluding hydrogens is 335 g/mol. The predicted molar refractivity (Wildman–Crippen MR) is 77.7 cm³/mol. The Morgan fingerprint density at radius 2 is 1.91 bits per heavy atom. The van der Waals surface area contributed by atoms with Gasteiger partial charge in [0, 0.05) is 5.56 Å². The van der Waals surface area contributed by atoms with Crippen LogP contribution in [-0.2, 0) is 0 Å². The summed E-state index contributed by atoms with van der Waals surface area (Å²) in [5.41, 5.74) is 1.36. The number of aromatic nitrogens is 3. The lowest BCUT2D eigenvalue weighted by Gasteiger charge is -2.09. The minimum atomic E-state index is -4.75. The fourth-order valence-electron chi connectivity index (χ4n) is 2.18. The first kappa shape index (κ1) is 15.4. The number of alkyl halides is 3. The number of nitrogens with one attached hydrogen (secondary N) is 1. The molecule has 1 aromatic carbocycles. The van der Waals surface area contributed by atoms with Crippen LogP contribution in [0.3, 0.4) is 0 Å². The molecule has 2 aromatic heterocycles. The zero-order valence-electron chi connectivity index (χ0n) is 11.6. The molecule has 0 aliphatic rings. The number of aromatic amines is 1. The van der Waals surface area contributed by atoms with Crippen LogP contribution in [0, 0.1) is 6.92 Å². The maximum absolute atomic E-state index is 12.1. The molecule has 1 N–H and O–H groups in total. The molecule has 3 aromatic rings. The zero-order valence-corrected chi connectivity index (χ0v) is 12.4. The molecule has 0 saturated heterocycles. The van der Waals surface area contributed by atoms with E-state index in [4.69, 9.17) is 11.6 Å². The minimum Gasteiger partial charge on any atom is -0.406 e. The smallest absolute Gasteiger partial charge is 0.406 e. The Kier molecular flexibility index (Phi) is 3.56. The van der Waals surface area contributed by atoms with Gasteiger partial charge < -0.3 is 9.72 Å². The van der Waals surface area contributed by atoms with E-state index in [1.54, 1.807) is 6.92 Å². The van der Waals surface area contributed by atoms with Gasteiger partial charge in [-0.3, -0.25) is 4.79 Å². The van der Waals surface area contributed by atoms with Crippen LogP contribution >= 0.6 is 11.6 Å². The average Bonchev–Trinajstić information content (AvgIpc) is 2.73. The summed E-state index contributed by atoms with van der Waals surface area (Å²) in [4.78, 5) is 14.8. The van der Waals surface area contributed by atoms with Gasteiger partial charge in [0.05, 0.1) is 11.9 Å². The van der Waals surface area contributed by atoms with Crippen molar-refractivity contribution in [3.8, 4) is 17.0 Å². The molecule has 0 aliphatic carbocycles. The SMILES string of the molecule is Cc1c(Cl)nn2cc(-c3ccc(OC(F)(F)F)cc3)[nH]c(=O)c12. The van der Waals surface area contributed by atoms with Crippen molar-refractivity contribution >= 4 is 17.1 Å². The molecule has 0 saturated carbocycles. The highest BCUT2D eigenvalue weighted by Crippen LogP contribution is 2.26. The van der Waals surface area contributed by atoms with Gasteiger partial charge in [-0.2, -0.15) is 5.10 Å². The summed E-state index contributed by atoms with van der Waals surface area (Å²) in [6.45, 7) is 1.67. The van der Waals surface area contributed by atoms with E-state index in [2.05, 4.69) is 14.8 Å². The molecular formula is C14H9ClF3N3O2. The van der Waals surface area contributed by atoms with Gasteiger partial charge >= 0.3 is 6.36 Å².